The lowest BCUT2D eigenvalue weighted by atomic mass is 9.85. The van der Waals surface area contributed by atoms with Gasteiger partial charge in [-0.25, -0.2) is 4.68 Å². The van der Waals surface area contributed by atoms with Crippen LogP contribution in [0.2, 0.25) is 0 Å². The molecule has 0 saturated carbocycles. The summed E-state index contributed by atoms with van der Waals surface area (Å²) in [5, 5.41) is 17.4. The van der Waals surface area contributed by atoms with Gasteiger partial charge in [-0.15, -0.1) is 10.2 Å². The van der Waals surface area contributed by atoms with E-state index in [9.17, 15) is 4.79 Å². The molecule has 0 aliphatic carbocycles. The second-order valence-electron chi connectivity index (χ2n) is 8.97. The molecule has 178 valence electrons. The van der Waals surface area contributed by atoms with Crippen LogP contribution >= 0.6 is 0 Å². The molecule has 0 bridgehead atoms. The normalized spacial score (nSPS) is 11.7. The number of rotatable bonds is 9. The van der Waals surface area contributed by atoms with Crippen LogP contribution in [-0.2, 0) is 16.7 Å². The third-order valence-corrected chi connectivity index (χ3v) is 5.50. The Balaban J connectivity index is 1.98. The Bertz CT molecular complexity index is 1220. The Morgan fingerprint density at radius 1 is 1.06 bits per heavy atom. The SMILES string of the molecule is CCOc1nn2c(=N)n(CC(=O)c3cc(OCCOC)cc(C(C)(C)C)c3)nc2c(C)c1C. The maximum absolute atomic E-state index is 13.2. The fourth-order valence-corrected chi connectivity index (χ4v) is 3.37. The summed E-state index contributed by atoms with van der Waals surface area (Å²) in [6, 6.07) is 5.56. The number of hydrogen-bond acceptors (Lipinski definition) is 7. The highest BCUT2D eigenvalue weighted by atomic mass is 16.5. The molecule has 3 aromatic rings. The first-order valence-electron chi connectivity index (χ1n) is 11.0. The first-order valence-corrected chi connectivity index (χ1v) is 11.0. The molecule has 2 aromatic heterocycles. The molecule has 0 radical (unpaired) electrons. The van der Waals surface area contributed by atoms with Gasteiger partial charge in [-0.2, -0.15) is 4.52 Å². The number of ketones is 1. The summed E-state index contributed by atoms with van der Waals surface area (Å²) in [6.45, 7) is 13.2. The van der Waals surface area contributed by atoms with E-state index in [1.807, 2.05) is 32.9 Å². The number of benzene rings is 1. The molecule has 0 aliphatic heterocycles. The highest BCUT2D eigenvalue weighted by Gasteiger charge is 2.20. The number of aromatic nitrogens is 4. The molecule has 3 rings (SSSR count). The Hall–Kier alpha value is -3.20. The smallest absolute Gasteiger partial charge is 0.242 e. The van der Waals surface area contributed by atoms with Crippen LogP contribution in [0, 0.1) is 19.3 Å². The Kier molecular flexibility index (Phi) is 7.22. The summed E-state index contributed by atoms with van der Waals surface area (Å²) in [4.78, 5) is 13.2. The summed E-state index contributed by atoms with van der Waals surface area (Å²) in [5.41, 5.74) is 3.59. The van der Waals surface area contributed by atoms with Gasteiger partial charge in [0.2, 0.25) is 11.5 Å². The number of nitrogens with one attached hydrogen (secondary N) is 1. The van der Waals surface area contributed by atoms with Crippen molar-refractivity contribution in [3.63, 3.8) is 0 Å². The number of aryl methyl sites for hydroxylation is 1. The molecular weight excluding hydrogens is 422 g/mol. The number of nitrogens with zero attached hydrogens (tertiary/aromatic N) is 4. The number of methoxy groups -OCH3 is 1. The average Bonchev–Trinajstić information content (AvgIpc) is 3.07. The number of hydrogen-bond donors (Lipinski definition) is 1. The zero-order valence-electron chi connectivity index (χ0n) is 20.5. The van der Waals surface area contributed by atoms with E-state index in [2.05, 4.69) is 31.0 Å². The van der Waals surface area contributed by atoms with Crippen LogP contribution in [0.15, 0.2) is 18.2 Å². The van der Waals surface area contributed by atoms with Gasteiger partial charge in [0, 0.05) is 23.8 Å². The quantitative estimate of drug-likeness (QED) is 0.392. The van der Waals surface area contributed by atoms with E-state index in [0.29, 0.717) is 42.7 Å². The maximum Gasteiger partial charge on any atom is 0.242 e. The Morgan fingerprint density at radius 2 is 1.79 bits per heavy atom. The Morgan fingerprint density at radius 3 is 2.42 bits per heavy atom. The van der Waals surface area contributed by atoms with Gasteiger partial charge in [0.1, 0.15) is 18.9 Å². The molecule has 0 spiro atoms. The largest absolute Gasteiger partial charge is 0.491 e. The summed E-state index contributed by atoms with van der Waals surface area (Å²) >= 11 is 0. The van der Waals surface area contributed by atoms with Gasteiger partial charge >= 0.3 is 0 Å². The van der Waals surface area contributed by atoms with E-state index >= 15 is 0 Å². The number of Topliss-reactive ketones (excluding diaryl/α,β-unsaturated/α-hetero) is 1. The second-order valence-corrected chi connectivity index (χ2v) is 8.97. The molecule has 0 unspecified atom stereocenters. The molecule has 9 nitrogen and oxygen atoms in total. The van der Waals surface area contributed by atoms with Crippen LogP contribution < -0.4 is 15.1 Å². The van der Waals surface area contributed by atoms with Crippen LogP contribution in [-0.4, -0.2) is 52.1 Å². The summed E-state index contributed by atoms with van der Waals surface area (Å²) in [6.07, 6.45) is 0. The summed E-state index contributed by atoms with van der Waals surface area (Å²) < 4.78 is 19.2. The van der Waals surface area contributed by atoms with Gasteiger partial charge in [-0.05, 0) is 49.9 Å². The number of fused-ring (bicyclic) bond motifs is 1. The minimum atomic E-state index is -0.168. The molecule has 0 amide bonds. The lowest BCUT2D eigenvalue weighted by molar-refractivity contribution is 0.0964. The first kappa shape index (κ1) is 24.4. The fraction of sp³-hybridized carbons (Fsp3) is 0.500. The zero-order valence-corrected chi connectivity index (χ0v) is 20.5. The van der Waals surface area contributed by atoms with Crippen molar-refractivity contribution in [2.45, 2.75) is 53.5 Å². The number of ether oxygens (including phenoxy) is 3. The van der Waals surface area contributed by atoms with Gasteiger partial charge in [0.05, 0.1) is 13.2 Å². The predicted octanol–water partition coefficient (Wildman–Crippen LogP) is 3.23. The van der Waals surface area contributed by atoms with Gasteiger partial charge in [0.15, 0.2) is 11.4 Å². The molecule has 0 aliphatic rings. The van der Waals surface area contributed by atoms with E-state index < -0.39 is 0 Å². The summed E-state index contributed by atoms with van der Waals surface area (Å²) in [5.74, 6) is 0.907. The highest BCUT2D eigenvalue weighted by molar-refractivity contribution is 5.96. The van der Waals surface area contributed by atoms with Crippen molar-refractivity contribution in [3.8, 4) is 11.6 Å². The minimum Gasteiger partial charge on any atom is -0.491 e. The standard InChI is InChI=1S/C24H33N5O4/c1-8-32-22-16(3)15(2)21-26-28(23(25)29(21)27-22)14-20(30)17-11-18(24(4,5)6)13-19(12-17)33-10-9-31-7/h11-13,25H,8-10,14H2,1-7H3. The van der Waals surface area contributed by atoms with Crippen molar-refractivity contribution in [3.05, 3.63) is 46.1 Å². The minimum absolute atomic E-state index is 0.00551. The fourth-order valence-electron chi connectivity index (χ4n) is 3.37. The average molecular weight is 456 g/mol. The summed E-state index contributed by atoms with van der Waals surface area (Å²) in [7, 11) is 1.61. The molecular formula is C24H33N5O4. The molecule has 1 aromatic carbocycles. The van der Waals surface area contributed by atoms with E-state index in [4.69, 9.17) is 19.6 Å². The molecule has 33 heavy (non-hydrogen) atoms. The van der Waals surface area contributed by atoms with Gasteiger partial charge in [0.25, 0.3) is 0 Å². The maximum atomic E-state index is 13.2. The van der Waals surface area contributed by atoms with Crippen molar-refractivity contribution in [2.75, 3.05) is 26.9 Å². The highest BCUT2D eigenvalue weighted by Crippen LogP contribution is 2.28. The van der Waals surface area contributed by atoms with Crippen molar-refractivity contribution < 1.29 is 19.0 Å². The van der Waals surface area contributed by atoms with Crippen molar-refractivity contribution in [1.82, 2.24) is 19.4 Å². The molecule has 0 fully saturated rings. The third kappa shape index (κ3) is 5.24. The predicted molar refractivity (Wildman–Crippen MR) is 124 cm³/mol. The van der Waals surface area contributed by atoms with Gasteiger partial charge in [-0.1, -0.05) is 20.8 Å². The van der Waals surface area contributed by atoms with Crippen molar-refractivity contribution >= 4 is 11.4 Å². The van der Waals surface area contributed by atoms with Crippen LogP contribution in [0.25, 0.3) is 5.65 Å². The molecule has 9 heteroatoms. The third-order valence-electron chi connectivity index (χ3n) is 5.50. The monoisotopic (exact) mass is 455 g/mol. The zero-order chi connectivity index (χ0) is 24.3. The van der Waals surface area contributed by atoms with Crippen LogP contribution in [0.1, 0.15) is 54.7 Å². The topological polar surface area (TPSA) is 104 Å². The number of carbonyl (C=O) groups excluding carboxylic acids is 1. The number of carbonyl (C=O) groups is 1. The van der Waals surface area contributed by atoms with Gasteiger partial charge < -0.3 is 14.2 Å². The lowest BCUT2D eigenvalue weighted by Crippen LogP contribution is -2.26. The molecule has 2 heterocycles. The lowest BCUT2D eigenvalue weighted by Gasteiger charge is -2.21. The van der Waals surface area contributed by atoms with E-state index in [1.165, 1.54) is 9.20 Å². The van der Waals surface area contributed by atoms with Gasteiger partial charge in [-0.3, -0.25) is 10.2 Å². The molecule has 0 atom stereocenters. The van der Waals surface area contributed by atoms with Crippen molar-refractivity contribution in [1.29, 1.82) is 5.41 Å². The van der Waals surface area contributed by atoms with Crippen LogP contribution in [0.4, 0.5) is 0 Å². The second kappa shape index (κ2) is 9.74. The van der Waals surface area contributed by atoms with Crippen LogP contribution in [0.5, 0.6) is 11.6 Å². The van der Waals surface area contributed by atoms with Crippen LogP contribution in [0.3, 0.4) is 0 Å². The van der Waals surface area contributed by atoms with E-state index in [-0.39, 0.29) is 23.4 Å². The van der Waals surface area contributed by atoms with Crippen molar-refractivity contribution in [2.24, 2.45) is 0 Å². The molecule has 1 N–H and O–H groups in total. The first-order chi connectivity index (χ1) is 15.6. The van der Waals surface area contributed by atoms with E-state index in [1.54, 1.807) is 13.2 Å². The van der Waals surface area contributed by atoms with E-state index in [0.717, 1.165) is 16.7 Å². The Labute approximate surface area is 193 Å². The molecule has 0 saturated heterocycles.